The molecule has 2 aromatic heterocycles. The first-order chi connectivity index (χ1) is 12.5. The Kier molecular flexibility index (Phi) is 5.06. The van der Waals surface area contributed by atoms with E-state index < -0.39 is 0 Å². The molecule has 2 heterocycles. The third-order valence-electron chi connectivity index (χ3n) is 4.04. The quantitative estimate of drug-likeness (QED) is 0.730. The summed E-state index contributed by atoms with van der Waals surface area (Å²) < 4.78 is 12.9. The summed E-state index contributed by atoms with van der Waals surface area (Å²) in [6, 6.07) is 7.21. The molecule has 0 fully saturated rings. The lowest BCUT2D eigenvalue weighted by molar-refractivity contribution is 0.102. The van der Waals surface area contributed by atoms with Crippen molar-refractivity contribution in [3.8, 4) is 5.75 Å². The Bertz CT molecular complexity index is 894. The van der Waals surface area contributed by atoms with Crippen LogP contribution in [0.3, 0.4) is 0 Å². The summed E-state index contributed by atoms with van der Waals surface area (Å²) in [5.41, 5.74) is 1.76. The fraction of sp³-hybridized carbons (Fsp3) is 0.316. The molecule has 136 valence electrons. The normalized spacial score (nSPS) is 11.0. The number of carbonyl (C=O) groups is 1. The van der Waals surface area contributed by atoms with Crippen LogP contribution in [-0.2, 0) is 13.7 Å². The van der Waals surface area contributed by atoms with Crippen LogP contribution in [0.4, 0.5) is 5.69 Å². The number of aryl methyl sites for hydroxylation is 2. The lowest BCUT2D eigenvalue weighted by Gasteiger charge is -2.09. The SMILES string of the molecule is Cc1noc(C(C)C)c1C(=O)Nc1ccc(OCc2nccn2C)cc1. The molecule has 0 bridgehead atoms. The Morgan fingerprint density at radius 2 is 2.04 bits per heavy atom. The van der Waals surface area contributed by atoms with E-state index in [2.05, 4.69) is 15.5 Å². The molecule has 26 heavy (non-hydrogen) atoms. The average Bonchev–Trinajstić information content (AvgIpc) is 3.20. The number of imidazole rings is 1. The van der Waals surface area contributed by atoms with Crippen molar-refractivity contribution < 1.29 is 14.1 Å². The van der Waals surface area contributed by atoms with E-state index in [1.54, 1.807) is 25.3 Å². The van der Waals surface area contributed by atoms with Crippen LogP contribution in [0, 0.1) is 6.92 Å². The van der Waals surface area contributed by atoms with Crippen LogP contribution in [0.1, 0.15) is 47.4 Å². The lowest BCUT2D eigenvalue weighted by Crippen LogP contribution is -2.14. The molecule has 3 rings (SSSR count). The van der Waals surface area contributed by atoms with Crippen molar-refractivity contribution in [2.45, 2.75) is 33.3 Å². The Labute approximate surface area is 152 Å². The van der Waals surface area contributed by atoms with Gasteiger partial charge in [0.2, 0.25) is 0 Å². The van der Waals surface area contributed by atoms with Crippen LogP contribution in [0.25, 0.3) is 0 Å². The van der Waals surface area contributed by atoms with Gasteiger partial charge in [0.05, 0.1) is 5.69 Å². The van der Waals surface area contributed by atoms with Crippen LogP contribution in [0.2, 0.25) is 0 Å². The molecule has 1 amide bonds. The van der Waals surface area contributed by atoms with Crippen LogP contribution >= 0.6 is 0 Å². The third kappa shape index (κ3) is 3.77. The molecule has 0 aliphatic carbocycles. The van der Waals surface area contributed by atoms with Gasteiger partial charge in [0.1, 0.15) is 23.7 Å². The fourth-order valence-electron chi connectivity index (χ4n) is 2.57. The van der Waals surface area contributed by atoms with Crippen molar-refractivity contribution in [1.29, 1.82) is 0 Å². The Morgan fingerprint density at radius 1 is 1.31 bits per heavy atom. The van der Waals surface area contributed by atoms with Crippen molar-refractivity contribution >= 4 is 11.6 Å². The predicted octanol–water partition coefficient (Wildman–Crippen LogP) is 3.67. The smallest absolute Gasteiger partial charge is 0.261 e. The number of amides is 1. The molecule has 0 saturated heterocycles. The van der Waals surface area contributed by atoms with Gasteiger partial charge in [0, 0.05) is 31.0 Å². The van der Waals surface area contributed by atoms with Gasteiger partial charge in [-0.25, -0.2) is 4.98 Å². The van der Waals surface area contributed by atoms with Crippen molar-refractivity contribution in [2.24, 2.45) is 7.05 Å². The monoisotopic (exact) mass is 354 g/mol. The second kappa shape index (κ2) is 7.43. The zero-order valence-corrected chi connectivity index (χ0v) is 15.3. The minimum atomic E-state index is -0.228. The highest BCUT2D eigenvalue weighted by atomic mass is 16.5. The number of hydrogen-bond acceptors (Lipinski definition) is 5. The maximum absolute atomic E-state index is 12.6. The molecule has 0 atom stereocenters. The zero-order chi connectivity index (χ0) is 18.7. The van der Waals surface area contributed by atoms with E-state index >= 15 is 0 Å². The van der Waals surface area contributed by atoms with Crippen molar-refractivity contribution in [1.82, 2.24) is 14.7 Å². The Balaban J connectivity index is 1.65. The number of nitrogens with one attached hydrogen (secondary N) is 1. The molecule has 1 N–H and O–H groups in total. The van der Waals surface area contributed by atoms with E-state index in [1.165, 1.54) is 0 Å². The number of rotatable bonds is 6. The van der Waals surface area contributed by atoms with Gasteiger partial charge in [-0.2, -0.15) is 0 Å². The molecule has 0 unspecified atom stereocenters. The van der Waals surface area contributed by atoms with Gasteiger partial charge in [0.25, 0.3) is 5.91 Å². The Hall–Kier alpha value is -3.09. The summed E-state index contributed by atoms with van der Waals surface area (Å²) >= 11 is 0. The number of aromatic nitrogens is 3. The van der Waals surface area contributed by atoms with Crippen LogP contribution in [0.15, 0.2) is 41.2 Å². The van der Waals surface area contributed by atoms with Crippen LogP contribution < -0.4 is 10.1 Å². The van der Waals surface area contributed by atoms with E-state index in [9.17, 15) is 4.79 Å². The number of benzene rings is 1. The van der Waals surface area contributed by atoms with Crippen molar-refractivity contribution in [3.05, 3.63) is 59.5 Å². The van der Waals surface area contributed by atoms with Gasteiger partial charge < -0.3 is 19.1 Å². The molecule has 0 aliphatic heterocycles. The molecular formula is C19H22N4O3. The summed E-state index contributed by atoms with van der Waals surface area (Å²) in [6.07, 6.45) is 3.60. The van der Waals surface area contributed by atoms with E-state index in [1.807, 2.05) is 43.8 Å². The van der Waals surface area contributed by atoms with Crippen molar-refractivity contribution in [3.63, 3.8) is 0 Å². The summed E-state index contributed by atoms with van der Waals surface area (Å²) in [4.78, 5) is 16.8. The first kappa shape index (κ1) is 17.7. The highest BCUT2D eigenvalue weighted by molar-refractivity contribution is 6.05. The predicted molar refractivity (Wildman–Crippen MR) is 97.3 cm³/mol. The lowest BCUT2D eigenvalue weighted by atomic mass is 10.0. The van der Waals surface area contributed by atoms with Gasteiger partial charge >= 0.3 is 0 Å². The summed E-state index contributed by atoms with van der Waals surface area (Å²) in [6.45, 7) is 6.07. The minimum Gasteiger partial charge on any atom is -0.486 e. The minimum absolute atomic E-state index is 0.0823. The van der Waals surface area contributed by atoms with Crippen LogP contribution in [-0.4, -0.2) is 20.6 Å². The maximum atomic E-state index is 12.6. The van der Waals surface area contributed by atoms with E-state index in [0.717, 1.165) is 5.82 Å². The van der Waals surface area contributed by atoms with E-state index in [0.29, 0.717) is 35.1 Å². The number of ether oxygens (including phenoxy) is 1. The van der Waals surface area contributed by atoms with E-state index in [4.69, 9.17) is 9.26 Å². The van der Waals surface area contributed by atoms with Gasteiger partial charge in [-0.1, -0.05) is 19.0 Å². The Morgan fingerprint density at radius 3 is 2.65 bits per heavy atom. The summed E-state index contributed by atoms with van der Waals surface area (Å²) in [5.74, 6) is 1.99. The molecule has 3 aromatic rings. The van der Waals surface area contributed by atoms with Gasteiger partial charge in [-0.3, -0.25) is 4.79 Å². The molecule has 0 aliphatic rings. The second-order valence-corrected chi connectivity index (χ2v) is 6.38. The summed E-state index contributed by atoms with van der Waals surface area (Å²) in [7, 11) is 1.92. The number of hydrogen-bond donors (Lipinski definition) is 1. The first-order valence-corrected chi connectivity index (χ1v) is 8.42. The highest BCUT2D eigenvalue weighted by Crippen LogP contribution is 2.24. The van der Waals surface area contributed by atoms with Gasteiger partial charge in [-0.05, 0) is 31.2 Å². The molecule has 0 radical (unpaired) electrons. The molecule has 0 saturated carbocycles. The highest BCUT2D eigenvalue weighted by Gasteiger charge is 2.22. The summed E-state index contributed by atoms with van der Waals surface area (Å²) in [5, 5.41) is 6.78. The topological polar surface area (TPSA) is 82.2 Å². The van der Waals surface area contributed by atoms with Crippen LogP contribution in [0.5, 0.6) is 5.75 Å². The van der Waals surface area contributed by atoms with Gasteiger partial charge in [-0.15, -0.1) is 0 Å². The largest absolute Gasteiger partial charge is 0.486 e. The zero-order valence-electron chi connectivity index (χ0n) is 15.3. The van der Waals surface area contributed by atoms with Gasteiger partial charge in [0.15, 0.2) is 5.76 Å². The molecule has 1 aromatic carbocycles. The molecule has 7 heteroatoms. The third-order valence-corrected chi connectivity index (χ3v) is 4.04. The fourth-order valence-corrected chi connectivity index (χ4v) is 2.57. The molecular weight excluding hydrogens is 332 g/mol. The first-order valence-electron chi connectivity index (χ1n) is 8.42. The number of carbonyl (C=O) groups excluding carboxylic acids is 1. The van der Waals surface area contributed by atoms with Crippen molar-refractivity contribution in [2.75, 3.05) is 5.32 Å². The maximum Gasteiger partial charge on any atom is 0.261 e. The average molecular weight is 354 g/mol. The second-order valence-electron chi connectivity index (χ2n) is 6.38. The molecule has 0 spiro atoms. The van der Waals surface area contributed by atoms with E-state index in [-0.39, 0.29) is 11.8 Å². The number of nitrogens with zero attached hydrogens (tertiary/aromatic N) is 3. The molecule has 7 nitrogen and oxygen atoms in total. The standard InChI is InChI=1S/C19H22N4O3/c1-12(2)18-17(13(3)22-26-18)19(24)21-14-5-7-15(8-6-14)25-11-16-20-9-10-23(16)4/h5-10,12H,11H2,1-4H3,(H,21,24). The number of anilines is 1.